The van der Waals surface area contributed by atoms with E-state index < -0.39 is 0 Å². The fourth-order valence-electron chi connectivity index (χ4n) is 1.13. The van der Waals surface area contributed by atoms with E-state index in [9.17, 15) is 0 Å². The van der Waals surface area contributed by atoms with Crippen molar-refractivity contribution in [3.63, 3.8) is 0 Å². The van der Waals surface area contributed by atoms with Crippen LogP contribution in [0.3, 0.4) is 0 Å². The molecule has 0 aromatic rings. The van der Waals surface area contributed by atoms with Crippen LogP contribution >= 0.6 is 0 Å². The molecule has 10 heavy (non-hydrogen) atoms. The predicted octanol–water partition coefficient (Wildman–Crippen LogP) is -0.108. The zero-order valence-electron chi connectivity index (χ0n) is 6.58. The average molecular weight is 141 g/mol. The average Bonchev–Trinajstić information content (AvgIpc) is 1.95. The summed E-state index contributed by atoms with van der Waals surface area (Å²) in [5.41, 5.74) is 0. The van der Waals surface area contributed by atoms with Gasteiger partial charge in [0, 0.05) is 26.2 Å². The maximum Gasteiger partial charge on any atom is 0.0903 e. The summed E-state index contributed by atoms with van der Waals surface area (Å²) in [5.74, 6) is 0. The Morgan fingerprint density at radius 3 is 2.40 bits per heavy atom. The highest BCUT2D eigenvalue weighted by atomic mass is 15.3. The molecule has 1 saturated heterocycles. The van der Waals surface area contributed by atoms with Gasteiger partial charge < -0.3 is 4.90 Å². The third-order valence-electron chi connectivity index (χ3n) is 1.90. The van der Waals surface area contributed by atoms with E-state index in [0.29, 0.717) is 0 Å². The highest BCUT2D eigenvalue weighted by Gasteiger charge is 2.11. The molecule has 58 valence electrons. The van der Waals surface area contributed by atoms with E-state index in [1.807, 2.05) is 0 Å². The summed E-state index contributed by atoms with van der Waals surface area (Å²) < 4.78 is 0. The summed E-state index contributed by atoms with van der Waals surface area (Å²) in [6.07, 6.45) is 0. The summed E-state index contributed by atoms with van der Waals surface area (Å²) in [6.45, 7) is 8.86. The van der Waals surface area contributed by atoms with Crippen LogP contribution in [0.5, 0.6) is 0 Å². The smallest absolute Gasteiger partial charge is 0.0903 e. The molecule has 0 aliphatic carbocycles. The van der Waals surface area contributed by atoms with Crippen LogP contribution < -0.4 is 0 Å². The van der Waals surface area contributed by atoms with Gasteiger partial charge in [0.2, 0.25) is 0 Å². The number of rotatable bonds is 2. The first-order valence-corrected chi connectivity index (χ1v) is 3.66. The first-order chi connectivity index (χ1) is 4.83. The van der Waals surface area contributed by atoms with Crippen molar-refractivity contribution in [3.8, 4) is 0 Å². The lowest BCUT2D eigenvalue weighted by Gasteiger charge is -2.30. The van der Waals surface area contributed by atoms with Crippen molar-refractivity contribution < 1.29 is 0 Å². The summed E-state index contributed by atoms with van der Waals surface area (Å²) in [5, 5.41) is 0. The molecule has 1 aliphatic rings. The third-order valence-corrected chi connectivity index (χ3v) is 1.90. The van der Waals surface area contributed by atoms with E-state index >= 15 is 0 Å². The molecule has 0 N–H and O–H groups in total. The molecule has 1 rings (SSSR count). The van der Waals surface area contributed by atoms with Crippen molar-refractivity contribution in [1.82, 2.24) is 9.80 Å². The standard InChI is InChI=1S/C7H15N3/c1-8-7-10-5-3-9(2)4-6-10/h1,3-7H2,2H3. The molecule has 1 fully saturated rings. The van der Waals surface area contributed by atoms with Crippen molar-refractivity contribution in [3.05, 3.63) is 0 Å². The second-order valence-electron chi connectivity index (χ2n) is 2.79. The number of hydrogen-bond donors (Lipinski definition) is 0. The summed E-state index contributed by atoms with van der Waals surface area (Å²) >= 11 is 0. The first kappa shape index (κ1) is 7.69. The molecule has 1 heterocycles. The van der Waals surface area contributed by atoms with Gasteiger partial charge in [-0.25, -0.2) is 0 Å². The Hall–Kier alpha value is -0.410. The zero-order valence-corrected chi connectivity index (χ0v) is 6.58. The van der Waals surface area contributed by atoms with Gasteiger partial charge in [-0.3, -0.25) is 9.89 Å². The monoisotopic (exact) mass is 141 g/mol. The van der Waals surface area contributed by atoms with E-state index in [4.69, 9.17) is 0 Å². The quantitative estimate of drug-likeness (QED) is 0.500. The highest BCUT2D eigenvalue weighted by molar-refractivity contribution is 5.22. The maximum atomic E-state index is 3.84. The summed E-state index contributed by atoms with van der Waals surface area (Å²) in [7, 11) is 2.15. The molecule has 0 bridgehead atoms. The summed E-state index contributed by atoms with van der Waals surface area (Å²) in [4.78, 5) is 8.49. The fraction of sp³-hybridized carbons (Fsp3) is 0.857. The minimum atomic E-state index is 0.799. The predicted molar refractivity (Wildman–Crippen MR) is 43.5 cm³/mol. The van der Waals surface area contributed by atoms with Crippen LogP contribution in [0.25, 0.3) is 0 Å². The lowest BCUT2D eigenvalue weighted by atomic mass is 10.3. The van der Waals surface area contributed by atoms with Crippen LogP contribution in [0.2, 0.25) is 0 Å². The molecule has 0 radical (unpaired) electrons. The van der Waals surface area contributed by atoms with E-state index in [2.05, 4.69) is 28.6 Å². The van der Waals surface area contributed by atoms with Crippen LogP contribution in [0.1, 0.15) is 0 Å². The second kappa shape index (κ2) is 3.68. The first-order valence-electron chi connectivity index (χ1n) is 3.66. The van der Waals surface area contributed by atoms with Crippen molar-refractivity contribution in [1.29, 1.82) is 0 Å². The number of nitrogens with zero attached hydrogens (tertiary/aromatic N) is 3. The Morgan fingerprint density at radius 2 is 1.90 bits per heavy atom. The molecular weight excluding hydrogens is 126 g/mol. The van der Waals surface area contributed by atoms with Crippen LogP contribution in [0.15, 0.2) is 4.99 Å². The molecule has 0 aromatic heterocycles. The molecule has 0 spiro atoms. The van der Waals surface area contributed by atoms with Gasteiger partial charge in [-0.2, -0.15) is 0 Å². The van der Waals surface area contributed by atoms with Crippen molar-refractivity contribution in [2.24, 2.45) is 4.99 Å². The SMILES string of the molecule is C=NCN1CCN(C)CC1. The normalized spacial score (nSPS) is 22.9. The number of hydrogen-bond acceptors (Lipinski definition) is 3. The van der Waals surface area contributed by atoms with Crippen molar-refractivity contribution in [2.75, 3.05) is 39.9 Å². The van der Waals surface area contributed by atoms with Gasteiger partial charge in [0.05, 0.1) is 6.67 Å². The van der Waals surface area contributed by atoms with Gasteiger partial charge >= 0.3 is 0 Å². The Kier molecular flexibility index (Phi) is 2.83. The Bertz CT molecular complexity index is 105. The number of likely N-dealkylation sites (N-methyl/N-ethyl adjacent to an activating group) is 1. The molecular formula is C7H15N3. The minimum Gasteiger partial charge on any atom is -0.304 e. The van der Waals surface area contributed by atoms with Crippen molar-refractivity contribution in [2.45, 2.75) is 0 Å². The van der Waals surface area contributed by atoms with E-state index in [1.54, 1.807) is 0 Å². The van der Waals surface area contributed by atoms with Gasteiger partial charge in [0.15, 0.2) is 0 Å². The Morgan fingerprint density at radius 1 is 1.30 bits per heavy atom. The number of piperazine rings is 1. The van der Waals surface area contributed by atoms with Crippen LogP contribution in [0, 0.1) is 0 Å². The Balaban J connectivity index is 2.19. The molecule has 0 saturated carbocycles. The topological polar surface area (TPSA) is 18.8 Å². The van der Waals surface area contributed by atoms with E-state index in [1.165, 1.54) is 0 Å². The summed E-state index contributed by atoms with van der Waals surface area (Å²) in [6, 6.07) is 0. The van der Waals surface area contributed by atoms with Crippen LogP contribution in [-0.4, -0.2) is 56.4 Å². The van der Waals surface area contributed by atoms with Crippen molar-refractivity contribution >= 4 is 6.72 Å². The largest absolute Gasteiger partial charge is 0.304 e. The van der Waals surface area contributed by atoms with Gasteiger partial charge in [0.25, 0.3) is 0 Å². The van der Waals surface area contributed by atoms with Gasteiger partial charge in [-0.1, -0.05) is 0 Å². The second-order valence-corrected chi connectivity index (χ2v) is 2.79. The Labute approximate surface area is 62.3 Å². The molecule has 0 aromatic carbocycles. The van der Waals surface area contributed by atoms with Gasteiger partial charge in [0.1, 0.15) is 0 Å². The van der Waals surface area contributed by atoms with Crippen LogP contribution in [0.4, 0.5) is 0 Å². The highest BCUT2D eigenvalue weighted by Crippen LogP contribution is 1.97. The van der Waals surface area contributed by atoms with Gasteiger partial charge in [-0.05, 0) is 13.8 Å². The molecule has 0 unspecified atom stereocenters. The lowest BCUT2D eigenvalue weighted by molar-refractivity contribution is 0.158. The third kappa shape index (κ3) is 2.08. The molecule has 0 amide bonds. The van der Waals surface area contributed by atoms with Gasteiger partial charge in [-0.15, -0.1) is 0 Å². The molecule has 0 atom stereocenters. The minimum absolute atomic E-state index is 0.799. The maximum absolute atomic E-state index is 3.84. The fourth-order valence-corrected chi connectivity index (χ4v) is 1.13. The number of aliphatic imine (C=N–C) groups is 1. The molecule has 3 heteroatoms. The lowest BCUT2D eigenvalue weighted by Crippen LogP contribution is -2.44. The molecule has 1 aliphatic heterocycles. The van der Waals surface area contributed by atoms with E-state index in [-0.39, 0.29) is 0 Å². The van der Waals surface area contributed by atoms with Crippen LogP contribution in [-0.2, 0) is 0 Å². The van der Waals surface area contributed by atoms with E-state index in [0.717, 1.165) is 32.8 Å². The molecule has 3 nitrogen and oxygen atoms in total. The zero-order chi connectivity index (χ0) is 7.40.